The summed E-state index contributed by atoms with van der Waals surface area (Å²) in [6.07, 6.45) is 2.76. The van der Waals surface area contributed by atoms with Crippen molar-refractivity contribution in [1.82, 2.24) is 9.97 Å². The molecule has 0 bridgehead atoms. The lowest BCUT2D eigenvalue weighted by Crippen LogP contribution is -2.05. The van der Waals surface area contributed by atoms with Crippen LogP contribution >= 0.6 is 11.3 Å². The van der Waals surface area contributed by atoms with Crippen molar-refractivity contribution in [1.29, 1.82) is 0 Å². The van der Waals surface area contributed by atoms with Crippen LogP contribution in [-0.2, 0) is 6.42 Å². The minimum atomic E-state index is 0.890. The molecule has 1 aromatic carbocycles. The van der Waals surface area contributed by atoms with Crippen LogP contribution in [0, 0.1) is 0 Å². The van der Waals surface area contributed by atoms with Gasteiger partial charge in [-0.2, -0.15) is 0 Å². The van der Waals surface area contributed by atoms with Gasteiger partial charge in [0.15, 0.2) is 0 Å². The van der Waals surface area contributed by atoms with Gasteiger partial charge < -0.3 is 5.32 Å². The van der Waals surface area contributed by atoms with Crippen molar-refractivity contribution in [2.45, 2.75) is 6.42 Å². The van der Waals surface area contributed by atoms with E-state index in [4.69, 9.17) is 0 Å². The lowest BCUT2D eigenvalue weighted by atomic mass is 10.2. The number of nitrogens with zero attached hydrogens (tertiary/aromatic N) is 2. The maximum Gasteiger partial charge on any atom is 0.0813 e. The molecule has 0 atom stereocenters. The highest BCUT2D eigenvalue weighted by Crippen LogP contribution is 2.21. The van der Waals surface area contributed by atoms with Crippen molar-refractivity contribution in [2.24, 2.45) is 0 Å². The number of hydrogen-bond acceptors (Lipinski definition) is 4. The summed E-state index contributed by atoms with van der Waals surface area (Å²) in [7, 11) is 0. The first-order chi connectivity index (χ1) is 8.92. The Labute approximate surface area is 110 Å². The van der Waals surface area contributed by atoms with Crippen LogP contribution in [0.25, 0.3) is 10.2 Å². The Hall–Kier alpha value is -1.94. The first kappa shape index (κ1) is 11.2. The molecular weight excluding hydrogens is 242 g/mol. The van der Waals surface area contributed by atoms with E-state index in [0.29, 0.717) is 0 Å². The monoisotopic (exact) mass is 255 g/mol. The molecule has 0 aliphatic heterocycles. The number of fused-ring (bicyclic) bond motifs is 1. The van der Waals surface area contributed by atoms with Gasteiger partial charge in [0.1, 0.15) is 0 Å². The first-order valence-corrected chi connectivity index (χ1v) is 6.77. The normalized spacial score (nSPS) is 10.7. The third-order valence-corrected chi connectivity index (χ3v) is 3.56. The molecule has 4 heteroatoms. The number of nitrogens with one attached hydrogen (secondary N) is 1. The molecule has 0 radical (unpaired) electrons. The summed E-state index contributed by atoms with van der Waals surface area (Å²) < 4.78 is 1.22. The maximum absolute atomic E-state index is 4.30. The fourth-order valence-electron chi connectivity index (χ4n) is 1.85. The van der Waals surface area contributed by atoms with Crippen LogP contribution in [0.2, 0.25) is 0 Å². The maximum atomic E-state index is 4.30. The van der Waals surface area contributed by atoms with Crippen molar-refractivity contribution in [2.75, 3.05) is 11.9 Å². The smallest absolute Gasteiger partial charge is 0.0813 e. The van der Waals surface area contributed by atoms with E-state index in [9.17, 15) is 0 Å². The highest BCUT2D eigenvalue weighted by atomic mass is 32.1. The molecule has 2 aromatic heterocycles. The van der Waals surface area contributed by atoms with Gasteiger partial charge in [-0.15, -0.1) is 11.3 Å². The van der Waals surface area contributed by atoms with E-state index in [1.807, 2.05) is 29.9 Å². The van der Waals surface area contributed by atoms with Crippen molar-refractivity contribution in [3.05, 3.63) is 53.8 Å². The minimum absolute atomic E-state index is 0.890. The molecule has 3 aromatic rings. The summed E-state index contributed by atoms with van der Waals surface area (Å²) in [6, 6.07) is 12.3. The van der Waals surface area contributed by atoms with E-state index in [-0.39, 0.29) is 0 Å². The third-order valence-electron chi connectivity index (χ3n) is 2.77. The van der Waals surface area contributed by atoms with Gasteiger partial charge >= 0.3 is 0 Å². The Morgan fingerprint density at radius 3 is 3.00 bits per heavy atom. The van der Waals surface area contributed by atoms with Crippen molar-refractivity contribution < 1.29 is 0 Å². The molecule has 90 valence electrons. The zero-order chi connectivity index (χ0) is 12.2. The van der Waals surface area contributed by atoms with Crippen molar-refractivity contribution >= 4 is 27.2 Å². The van der Waals surface area contributed by atoms with Crippen LogP contribution in [0.1, 0.15) is 5.69 Å². The van der Waals surface area contributed by atoms with Crippen LogP contribution in [0.3, 0.4) is 0 Å². The van der Waals surface area contributed by atoms with Gasteiger partial charge in [-0.25, -0.2) is 4.98 Å². The van der Waals surface area contributed by atoms with E-state index < -0.39 is 0 Å². The summed E-state index contributed by atoms with van der Waals surface area (Å²) >= 11 is 1.67. The molecule has 0 amide bonds. The van der Waals surface area contributed by atoms with Gasteiger partial charge in [-0.05, 0) is 30.3 Å². The van der Waals surface area contributed by atoms with Gasteiger partial charge in [-0.1, -0.05) is 6.07 Å². The van der Waals surface area contributed by atoms with E-state index in [1.165, 1.54) is 4.70 Å². The van der Waals surface area contributed by atoms with Crippen molar-refractivity contribution in [3.8, 4) is 0 Å². The van der Waals surface area contributed by atoms with Gasteiger partial charge in [-0.3, -0.25) is 4.98 Å². The number of pyridine rings is 1. The molecule has 18 heavy (non-hydrogen) atoms. The average Bonchev–Trinajstić information content (AvgIpc) is 2.87. The lowest BCUT2D eigenvalue weighted by molar-refractivity contribution is 0.962. The molecule has 2 heterocycles. The fourth-order valence-corrected chi connectivity index (χ4v) is 2.56. The Morgan fingerprint density at radius 1 is 1.11 bits per heavy atom. The number of anilines is 1. The SMILES string of the molecule is c1ccc(CCNc2ccc3ncsc3c2)nc1. The number of rotatable bonds is 4. The van der Waals surface area contributed by atoms with Crippen LogP contribution in [-0.4, -0.2) is 16.5 Å². The first-order valence-electron chi connectivity index (χ1n) is 5.89. The zero-order valence-corrected chi connectivity index (χ0v) is 10.7. The summed E-state index contributed by atoms with van der Waals surface area (Å²) in [5.74, 6) is 0. The molecular formula is C14H13N3S. The van der Waals surface area contributed by atoms with E-state index >= 15 is 0 Å². The van der Waals surface area contributed by atoms with Crippen LogP contribution in [0.15, 0.2) is 48.1 Å². The Bertz CT molecular complexity index is 634. The molecule has 0 unspecified atom stereocenters. The van der Waals surface area contributed by atoms with Crippen LogP contribution in [0.4, 0.5) is 5.69 Å². The number of thiazole rings is 1. The topological polar surface area (TPSA) is 37.8 Å². The summed E-state index contributed by atoms with van der Waals surface area (Å²) in [6.45, 7) is 0.890. The zero-order valence-electron chi connectivity index (χ0n) is 9.84. The van der Waals surface area contributed by atoms with Crippen molar-refractivity contribution in [3.63, 3.8) is 0 Å². The summed E-state index contributed by atoms with van der Waals surface area (Å²) in [4.78, 5) is 8.57. The van der Waals surface area contributed by atoms with Gasteiger partial charge in [0.2, 0.25) is 0 Å². The predicted octanol–water partition coefficient (Wildman–Crippen LogP) is 3.35. The van der Waals surface area contributed by atoms with E-state index in [0.717, 1.165) is 29.9 Å². The van der Waals surface area contributed by atoms with Gasteiger partial charge in [0.25, 0.3) is 0 Å². The molecule has 0 aliphatic carbocycles. The number of benzene rings is 1. The Morgan fingerprint density at radius 2 is 2.11 bits per heavy atom. The molecule has 0 spiro atoms. The van der Waals surface area contributed by atoms with Crippen LogP contribution in [0.5, 0.6) is 0 Å². The number of aromatic nitrogens is 2. The number of hydrogen-bond donors (Lipinski definition) is 1. The predicted molar refractivity (Wildman–Crippen MR) is 76.1 cm³/mol. The molecule has 0 aliphatic rings. The fraction of sp³-hybridized carbons (Fsp3) is 0.143. The standard InChI is InChI=1S/C14H13N3S/c1-2-7-15-11(3-1)6-8-16-12-4-5-13-14(9-12)18-10-17-13/h1-5,7,9-10,16H,6,8H2. The highest BCUT2D eigenvalue weighted by Gasteiger charge is 1.98. The second-order valence-electron chi connectivity index (χ2n) is 4.03. The Kier molecular flexibility index (Phi) is 3.19. The molecule has 0 saturated carbocycles. The second-order valence-corrected chi connectivity index (χ2v) is 4.92. The van der Waals surface area contributed by atoms with E-state index in [1.54, 1.807) is 11.3 Å². The van der Waals surface area contributed by atoms with Gasteiger partial charge in [0.05, 0.1) is 15.7 Å². The minimum Gasteiger partial charge on any atom is -0.385 e. The molecule has 3 rings (SSSR count). The largest absolute Gasteiger partial charge is 0.385 e. The second kappa shape index (κ2) is 5.14. The average molecular weight is 255 g/mol. The van der Waals surface area contributed by atoms with E-state index in [2.05, 4.69) is 33.5 Å². The molecule has 0 saturated heterocycles. The lowest BCUT2D eigenvalue weighted by Gasteiger charge is -2.05. The summed E-state index contributed by atoms with van der Waals surface area (Å²) in [5, 5.41) is 3.41. The third kappa shape index (κ3) is 2.49. The Balaban J connectivity index is 1.62. The van der Waals surface area contributed by atoms with Gasteiger partial charge in [0, 0.05) is 30.5 Å². The molecule has 1 N–H and O–H groups in total. The highest BCUT2D eigenvalue weighted by molar-refractivity contribution is 7.16. The summed E-state index contributed by atoms with van der Waals surface area (Å²) in [5.41, 5.74) is 5.20. The molecule has 3 nitrogen and oxygen atoms in total. The van der Waals surface area contributed by atoms with Crippen LogP contribution < -0.4 is 5.32 Å². The quantitative estimate of drug-likeness (QED) is 0.777. The molecule has 0 fully saturated rings.